The van der Waals surface area contributed by atoms with Gasteiger partial charge in [-0.15, -0.1) is 0 Å². The van der Waals surface area contributed by atoms with Crippen LogP contribution in [0.2, 0.25) is 0 Å². The first kappa shape index (κ1) is 12.5. The quantitative estimate of drug-likeness (QED) is 0.718. The van der Waals surface area contributed by atoms with E-state index in [0.29, 0.717) is 18.2 Å². The van der Waals surface area contributed by atoms with Crippen LogP contribution in [0.25, 0.3) is 0 Å². The lowest BCUT2D eigenvalue weighted by Crippen LogP contribution is -2.42. The van der Waals surface area contributed by atoms with Crippen LogP contribution < -0.4 is 5.32 Å². The van der Waals surface area contributed by atoms with Crippen molar-refractivity contribution in [3.63, 3.8) is 0 Å². The highest BCUT2D eigenvalue weighted by Crippen LogP contribution is 2.07. The van der Waals surface area contributed by atoms with Gasteiger partial charge in [0, 0.05) is 26.1 Å². The molecule has 1 fully saturated rings. The van der Waals surface area contributed by atoms with Gasteiger partial charge in [-0.05, 0) is 18.9 Å². The van der Waals surface area contributed by atoms with Gasteiger partial charge in [0.05, 0.1) is 0 Å². The molecule has 1 amide bonds. The largest absolute Gasteiger partial charge is 0.342 e. The Morgan fingerprint density at radius 1 is 1.47 bits per heavy atom. The molecule has 0 bridgehead atoms. The molecule has 0 aliphatic carbocycles. The molecule has 0 radical (unpaired) electrons. The normalized spacial score (nSPS) is 23.7. The molecule has 1 N–H and O–H groups in total. The summed E-state index contributed by atoms with van der Waals surface area (Å²) in [6.07, 6.45) is 4.27. The highest BCUT2D eigenvalue weighted by Gasteiger charge is 2.18. The van der Waals surface area contributed by atoms with Crippen LogP contribution in [0.15, 0.2) is 0 Å². The summed E-state index contributed by atoms with van der Waals surface area (Å²) in [6, 6.07) is 0. The Balaban J connectivity index is 2.37. The molecular formula is C12H24N2O. The van der Waals surface area contributed by atoms with Crippen molar-refractivity contribution in [2.75, 3.05) is 26.2 Å². The van der Waals surface area contributed by atoms with E-state index in [2.05, 4.69) is 24.1 Å². The predicted octanol–water partition coefficient (Wildman–Crippen LogP) is 1.63. The minimum Gasteiger partial charge on any atom is -0.342 e. The van der Waals surface area contributed by atoms with Gasteiger partial charge in [0.25, 0.3) is 0 Å². The SMILES string of the molecule is CCCCCN1CC(C)CNCCC1=O. The Labute approximate surface area is 93.2 Å². The molecule has 3 nitrogen and oxygen atoms in total. The molecule has 1 aliphatic heterocycles. The monoisotopic (exact) mass is 212 g/mol. The first-order chi connectivity index (χ1) is 7.24. The number of hydrogen-bond acceptors (Lipinski definition) is 2. The smallest absolute Gasteiger partial charge is 0.223 e. The molecule has 1 aliphatic rings. The van der Waals surface area contributed by atoms with Gasteiger partial charge in [-0.25, -0.2) is 0 Å². The number of amides is 1. The maximum atomic E-state index is 11.8. The fourth-order valence-electron chi connectivity index (χ4n) is 2.01. The highest BCUT2D eigenvalue weighted by molar-refractivity contribution is 5.76. The van der Waals surface area contributed by atoms with E-state index in [9.17, 15) is 4.79 Å². The number of carbonyl (C=O) groups is 1. The van der Waals surface area contributed by atoms with Crippen LogP contribution in [0.5, 0.6) is 0 Å². The lowest BCUT2D eigenvalue weighted by atomic mass is 10.1. The van der Waals surface area contributed by atoms with Crippen molar-refractivity contribution in [1.29, 1.82) is 0 Å². The molecule has 1 heterocycles. The van der Waals surface area contributed by atoms with Crippen LogP contribution in [0.3, 0.4) is 0 Å². The number of hydrogen-bond donors (Lipinski definition) is 1. The predicted molar refractivity (Wildman–Crippen MR) is 62.8 cm³/mol. The van der Waals surface area contributed by atoms with Crippen molar-refractivity contribution in [1.82, 2.24) is 10.2 Å². The average molecular weight is 212 g/mol. The van der Waals surface area contributed by atoms with Crippen LogP contribution in [0, 0.1) is 5.92 Å². The fraction of sp³-hybridized carbons (Fsp3) is 0.917. The molecule has 0 aromatic rings. The molecule has 1 atom stereocenters. The zero-order valence-corrected chi connectivity index (χ0v) is 10.1. The van der Waals surface area contributed by atoms with Gasteiger partial charge < -0.3 is 10.2 Å². The summed E-state index contributed by atoms with van der Waals surface area (Å²) >= 11 is 0. The molecule has 1 unspecified atom stereocenters. The van der Waals surface area contributed by atoms with Crippen LogP contribution in [0.4, 0.5) is 0 Å². The third-order valence-corrected chi connectivity index (χ3v) is 2.92. The molecule has 1 saturated heterocycles. The van der Waals surface area contributed by atoms with Crippen LogP contribution >= 0.6 is 0 Å². The van der Waals surface area contributed by atoms with Crippen LogP contribution in [0.1, 0.15) is 39.5 Å². The third kappa shape index (κ3) is 4.65. The minimum absolute atomic E-state index is 0.324. The Kier molecular flexibility index (Phi) is 5.69. The van der Waals surface area contributed by atoms with E-state index in [1.807, 2.05) is 0 Å². The molecule has 15 heavy (non-hydrogen) atoms. The number of nitrogens with one attached hydrogen (secondary N) is 1. The van der Waals surface area contributed by atoms with Crippen molar-refractivity contribution in [2.45, 2.75) is 39.5 Å². The van der Waals surface area contributed by atoms with E-state index in [0.717, 1.165) is 32.6 Å². The molecule has 0 aromatic heterocycles. The third-order valence-electron chi connectivity index (χ3n) is 2.92. The summed E-state index contributed by atoms with van der Waals surface area (Å²) in [7, 11) is 0. The number of nitrogens with zero attached hydrogens (tertiary/aromatic N) is 1. The molecular weight excluding hydrogens is 188 g/mol. The second-order valence-electron chi connectivity index (χ2n) is 4.61. The van der Waals surface area contributed by atoms with Gasteiger partial charge in [0.15, 0.2) is 0 Å². The van der Waals surface area contributed by atoms with Crippen LogP contribution in [-0.4, -0.2) is 37.0 Å². The van der Waals surface area contributed by atoms with E-state index in [4.69, 9.17) is 0 Å². The first-order valence-electron chi connectivity index (χ1n) is 6.22. The van der Waals surface area contributed by atoms with Crippen molar-refractivity contribution in [3.8, 4) is 0 Å². The lowest BCUT2D eigenvalue weighted by Gasteiger charge is -2.28. The standard InChI is InChI=1S/C12H24N2O/c1-3-4-5-8-14-10-11(2)9-13-7-6-12(14)15/h11,13H,3-10H2,1-2H3. The van der Waals surface area contributed by atoms with Gasteiger partial charge in [0.1, 0.15) is 0 Å². The second kappa shape index (κ2) is 6.83. The summed E-state index contributed by atoms with van der Waals surface area (Å²) in [6.45, 7) is 8.16. The number of rotatable bonds is 4. The molecule has 0 spiro atoms. The molecule has 3 heteroatoms. The lowest BCUT2D eigenvalue weighted by molar-refractivity contribution is -0.132. The Hall–Kier alpha value is -0.570. The second-order valence-corrected chi connectivity index (χ2v) is 4.61. The van der Waals surface area contributed by atoms with E-state index in [1.54, 1.807) is 0 Å². The molecule has 0 aromatic carbocycles. The maximum absolute atomic E-state index is 11.8. The van der Waals surface area contributed by atoms with Gasteiger partial charge in [-0.3, -0.25) is 4.79 Å². The molecule has 1 rings (SSSR count). The summed E-state index contributed by atoms with van der Waals surface area (Å²) in [5.74, 6) is 0.904. The van der Waals surface area contributed by atoms with Gasteiger partial charge >= 0.3 is 0 Å². The average Bonchev–Trinajstić information content (AvgIpc) is 2.21. The zero-order valence-electron chi connectivity index (χ0n) is 10.1. The fourth-order valence-corrected chi connectivity index (χ4v) is 2.01. The van der Waals surface area contributed by atoms with Crippen molar-refractivity contribution in [3.05, 3.63) is 0 Å². The minimum atomic E-state index is 0.324. The summed E-state index contributed by atoms with van der Waals surface area (Å²) < 4.78 is 0. The topological polar surface area (TPSA) is 32.3 Å². The summed E-state index contributed by atoms with van der Waals surface area (Å²) in [5, 5.41) is 3.31. The van der Waals surface area contributed by atoms with Gasteiger partial charge in [0.2, 0.25) is 5.91 Å². The van der Waals surface area contributed by atoms with Crippen molar-refractivity contribution in [2.24, 2.45) is 5.92 Å². The summed E-state index contributed by atoms with van der Waals surface area (Å²) in [4.78, 5) is 13.8. The Morgan fingerprint density at radius 2 is 2.27 bits per heavy atom. The van der Waals surface area contributed by atoms with E-state index in [1.165, 1.54) is 12.8 Å². The van der Waals surface area contributed by atoms with Crippen molar-refractivity contribution < 1.29 is 4.79 Å². The Morgan fingerprint density at radius 3 is 3.00 bits per heavy atom. The van der Waals surface area contributed by atoms with E-state index in [-0.39, 0.29) is 0 Å². The number of carbonyl (C=O) groups excluding carboxylic acids is 1. The first-order valence-corrected chi connectivity index (χ1v) is 6.22. The Bertz CT molecular complexity index is 194. The number of unbranched alkanes of at least 4 members (excludes halogenated alkanes) is 2. The molecule has 88 valence electrons. The van der Waals surface area contributed by atoms with Gasteiger partial charge in [-0.2, -0.15) is 0 Å². The van der Waals surface area contributed by atoms with Gasteiger partial charge in [-0.1, -0.05) is 26.7 Å². The zero-order chi connectivity index (χ0) is 11.1. The van der Waals surface area contributed by atoms with Crippen molar-refractivity contribution >= 4 is 5.91 Å². The molecule has 0 saturated carbocycles. The maximum Gasteiger partial charge on any atom is 0.223 e. The summed E-state index contributed by atoms with van der Waals surface area (Å²) in [5.41, 5.74) is 0. The van der Waals surface area contributed by atoms with E-state index < -0.39 is 0 Å². The van der Waals surface area contributed by atoms with Crippen LogP contribution in [-0.2, 0) is 4.79 Å². The highest BCUT2D eigenvalue weighted by atomic mass is 16.2. The van der Waals surface area contributed by atoms with E-state index >= 15 is 0 Å².